The Kier molecular flexibility index (Phi) is 8.13. The van der Waals surface area contributed by atoms with Crippen molar-refractivity contribution in [2.24, 2.45) is 0 Å². The summed E-state index contributed by atoms with van der Waals surface area (Å²) in [5, 5.41) is 13.3. The molecular formula is C32H40O6Si. The molecule has 2 fully saturated rings. The molecule has 1 N–H and O–H groups in total. The maximum atomic E-state index is 11.1. The summed E-state index contributed by atoms with van der Waals surface area (Å²) in [5.74, 6) is -0.841. The summed E-state index contributed by atoms with van der Waals surface area (Å²) in [4.78, 5) is 0. The number of rotatable bonds is 8. The van der Waals surface area contributed by atoms with Crippen molar-refractivity contribution in [1.29, 1.82) is 0 Å². The molecule has 2 aliphatic rings. The van der Waals surface area contributed by atoms with Gasteiger partial charge in [-0.15, -0.1) is 0 Å². The van der Waals surface area contributed by atoms with E-state index in [0.717, 1.165) is 5.56 Å². The van der Waals surface area contributed by atoms with Gasteiger partial charge in [-0.1, -0.05) is 112 Å². The number of hydrogen-bond donors (Lipinski definition) is 1. The smallest absolute Gasteiger partial charge is 0.261 e. The third-order valence-electron chi connectivity index (χ3n) is 7.62. The van der Waals surface area contributed by atoms with Crippen LogP contribution in [0.2, 0.25) is 5.04 Å². The molecule has 2 aliphatic heterocycles. The molecule has 7 heteroatoms. The van der Waals surface area contributed by atoms with Crippen LogP contribution in [0.25, 0.3) is 0 Å². The largest absolute Gasteiger partial charge is 0.405 e. The third kappa shape index (κ3) is 5.76. The average Bonchev–Trinajstić information content (AvgIpc) is 3.24. The van der Waals surface area contributed by atoms with Crippen LogP contribution in [0.1, 0.15) is 40.2 Å². The zero-order valence-electron chi connectivity index (χ0n) is 23.4. The Hall–Kier alpha value is -2.36. The van der Waals surface area contributed by atoms with Crippen molar-refractivity contribution in [2.45, 2.75) is 82.8 Å². The first-order valence-electron chi connectivity index (χ1n) is 13.7. The minimum atomic E-state index is -2.80. The minimum absolute atomic E-state index is 0.184. The van der Waals surface area contributed by atoms with Gasteiger partial charge in [0.2, 0.25) is 0 Å². The monoisotopic (exact) mass is 548 g/mol. The summed E-state index contributed by atoms with van der Waals surface area (Å²) in [6.45, 7) is 11.1. The van der Waals surface area contributed by atoms with Crippen LogP contribution in [0.5, 0.6) is 0 Å². The van der Waals surface area contributed by atoms with E-state index in [2.05, 4.69) is 69.3 Å². The fourth-order valence-corrected chi connectivity index (χ4v) is 10.5. The molecular weight excluding hydrogens is 508 g/mol. The molecule has 0 radical (unpaired) electrons. The van der Waals surface area contributed by atoms with Gasteiger partial charge in [0.25, 0.3) is 8.32 Å². The third-order valence-corrected chi connectivity index (χ3v) is 12.6. The molecule has 0 saturated carbocycles. The molecule has 39 heavy (non-hydrogen) atoms. The number of fused-ring (bicyclic) bond motifs is 1. The summed E-state index contributed by atoms with van der Waals surface area (Å²) >= 11 is 0. The quantitative estimate of drug-likeness (QED) is 0.422. The molecule has 2 heterocycles. The first kappa shape index (κ1) is 28.2. The van der Waals surface area contributed by atoms with E-state index < -0.39 is 44.8 Å². The van der Waals surface area contributed by atoms with E-state index in [9.17, 15) is 5.11 Å². The summed E-state index contributed by atoms with van der Waals surface area (Å²) in [5.41, 5.74) is 1.01. The van der Waals surface area contributed by atoms with Crippen molar-refractivity contribution < 1.29 is 28.5 Å². The second kappa shape index (κ2) is 11.3. The van der Waals surface area contributed by atoms with Gasteiger partial charge in [-0.2, -0.15) is 0 Å². The lowest BCUT2D eigenvalue weighted by Crippen LogP contribution is -2.68. The molecule has 0 aromatic heterocycles. The highest BCUT2D eigenvalue weighted by atomic mass is 28.4. The molecule has 208 valence electrons. The van der Waals surface area contributed by atoms with E-state index in [4.69, 9.17) is 23.4 Å². The molecule has 5 atom stereocenters. The average molecular weight is 549 g/mol. The van der Waals surface area contributed by atoms with E-state index in [1.54, 1.807) is 0 Å². The van der Waals surface area contributed by atoms with Crippen LogP contribution in [0.4, 0.5) is 0 Å². The van der Waals surface area contributed by atoms with Crippen molar-refractivity contribution in [3.8, 4) is 0 Å². The molecule has 3 aromatic rings. The molecule has 3 unspecified atom stereocenters. The van der Waals surface area contributed by atoms with Crippen molar-refractivity contribution in [3.05, 3.63) is 96.6 Å². The van der Waals surface area contributed by atoms with Crippen LogP contribution in [-0.2, 0) is 30.0 Å². The number of aliphatic hydroxyl groups is 1. The Bertz CT molecular complexity index is 1160. The Balaban J connectivity index is 1.43. The predicted octanol–water partition coefficient (Wildman–Crippen LogP) is 4.39. The zero-order valence-corrected chi connectivity index (χ0v) is 24.4. The van der Waals surface area contributed by atoms with E-state index in [1.165, 1.54) is 10.4 Å². The van der Waals surface area contributed by atoms with Crippen molar-refractivity contribution >= 4 is 18.7 Å². The molecule has 0 amide bonds. The van der Waals surface area contributed by atoms with Gasteiger partial charge in [-0.3, -0.25) is 0 Å². The van der Waals surface area contributed by atoms with Gasteiger partial charge in [0.15, 0.2) is 12.1 Å². The molecule has 0 aliphatic carbocycles. The van der Waals surface area contributed by atoms with Gasteiger partial charge < -0.3 is 28.5 Å². The van der Waals surface area contributed by atoms with Crippen LogP contribution in [0, 0.1) is 0 Å². The topological polar surface area (TPSA) is 66.4 Å². The van der Waals surface area contributed by atoms with Crippen molar-refractivity contribution in [1.82, 2.24) is 0 Å². The van der Waals surface area contributed by atoms with Gasteiger partial charge in [0.1, 0.15) is 24.4 Å². The summed E-state index contributed by atoms with van der Waals surface area (Å²) < 4.78 is 32.1. The lowest BCUT2D eigenvalue weighted by atomic mass is 9.99. The molecule has 3 aromatic carbocycles. The number of benzene rings is 3. The van der Waals surface area contributed by atoms with Gasteiger partial charge >= 0.3 is 0 Å². The van der Waals surface area contributed by atoms with E-state index in [-0.39, 0.29) is 11.6 Å². The van der Waals surface area contributed by atoms with Crippen LogP contribution < -0.4 is 10.4 Å². The zero-order chi connectivity index (χ0) is 27.7. The van der Waals surface area contributed by atoms with E-state index >= 15 is 0 Å². The van der Waals surface area contributed by atoms with Gasteiger partial charge in [0, 0.05) is 0 Å². The van der Waals surface area contributed by atoms with Gasteiger partial charge in [-0.25, -0.2) is 0 Å². The number of ether oxygens (including phenoxy) is 4. The first-order valence-corrected chi connectivity index (χ1v) is 15.6. The molecule has 0 spiro atoms. The molecule has 6 nitrogen and oxygen atoms in total. The van der Waals surface area contributed by atoms with Crippen LogP contribution >= 0.6 is 0 Å². The Morgan fingerprint density at radius 3 is 1.85 bits per heavy atom. The van der Waals surface area contributed by atoms with Crippen molar-refractivity contribution in [3.63, 3.8) is 0 Å². The van der Waals surface area contributed by atoms with Gasteiger partial charge in [-0.05, 0) is 34.8 Å². The van der Waals surface area contributed by atoms with Crippen LogP contribution in [0.15, 0.2) is 91.0 Å². The fourth-order valence-electron chi connectivity index (χ4n) is 5.90. The van der Waals surface area contributed by atoms with Crippen LogP contribution in [-0.4, -0.2) is 56.5 Å². The van der Waals surface area contributed by atoms with Crippen LogP contribution in [0.3, 0.4) is 0 Å². The fraction of sp³-hybridized carbons (Fsp3) is 0.438. The Morgan fingerprint density at radius 1 is 0.795 bits per heavy atom. The lowest BCUT2D eigenvalue weighted by Gasteiger charge is -2.45. The van der Waals surface area contributed by atoms with E-state index in [0.29, 0.717) is 6.61 Å². The van der Waals surface area contributed by atoms with E-state index in [1.807, 2.05) is 56.3 Å². The highest BCUT2D eigenvalue weighted by Gasteiger charge is 2.57. The number of hydrogen-bond acceptors (Lipinski definition) is 6. The Morgan fingerprint density at radius 2 is 1.31 bits per heavy atom. The second-order valence-corrected chi connectivity index (χ2v) is 16.2. The second-order valence-electron chi connectivity index (χ2n) is 11.9. The normalized spacial score (nSPS) is 26.8. The lowest BCUT2D eigenvalue weighted by molar-refractivity contribution is -0.277. The predicted molar refractivity (Wildman–Crippen MR) is 153 cm³/mol. The molecule has 0 bridgehead atoms. The SMILES string of the molecule is CC1(C)OC2C(OCc3ccccc3)[C@H](O)OC(CO[Si](c3ccccc3)(c3ccccc3)C(C)(C)C)[C@@H]2O1. The van der Waals surface area contributed by atoms with Gasteiger partial charge in [0.05, 0.1) is 13.2 Å². The maximum absolute atomic E-state index is 11.1. The minimum Gasteiger partial charge on any atom is -0.405 e. The summed E-state index contributed by atoms with van der Waals surface area (Å²) in [6.07, 6.45) is -3.37. The highest BCUT2D eigenvalue weighted by molar-refractivity contribution is 6.99. The molecule has 2 saturated heterocycles. The standard InChI is InChI=1S/C32H40O6Si/c1-31(2,3)39(24-17-11-7-12-18-24,25-19-13-8-14-20-25)35-22-26-27-28(38-32(4,5)37-27)29(30(33)36-26)34-21-23-15-9-6-10-16-23/h6-20,26-30,33H,21-22H2,1-5H3/t26?,27-,28?,29?,30+/m0/s1. The Labute approximate surface area is 233 Å². The summed E-state index contributed by atoms with van der Waals surface area (Å²) in [6, 6.07) is 30.8. The molecule has 5 rings (SSSR count). The first-order chi connectivity index (χ1) is 18.6. The highest BCUT2D eigenvalue weighted by Crippen LogP contribution is 2.41. The maximum Gasteiger partial charge on any atom is 0.261 e. The number of aliphatic hydroxyl groups excluding tert-OH is 1. The van der Waals surface area contributed by atoms with Crippen molar-refractivity contribution in [2.75, 3.05) is 6.61 Å². The summed E-state index contributed by atoms with van der Waals surface area (Å²) in [7, 11) is -2.80.